The fraction of sp³-hybridized carbons (Fsp3) is 0.455. The van der Waals surface area contributed by atoms with Gasteiger partial charge < -0.3 is 64.8 Å². The number of benzene rings is 2. The van der Waals surface area contributed by atoms with Gasteiger partial charge in [0, 0.05) is 11.1 Å². The highest BCUT2D eigenvalue weighted by Gasteiger charge is 2.42. The highest BCUT2D eigenvalue weighted by Crippen LogP contribution is 2.51. The number of rotatable bonds is 12. The van der Waals surface area contributed by atoms with Crippen molar-refractivity contribution in [3.63, 3.8) is 0 Å². The van der Waals surface area contributed by atoms with Crippen molar-refractivity contribution in [2.45, 2.75) is 31.1 Å². The Labute approximate surface area is 217 Å². The van der Waals surface area contributed by atoms with Crippen molar-refractivity contribution in [2.24, 2.45) is 5.73 Å². The molecule has 2 aromatic carbocycles. The second-order valence-electron chi connectivity index (χ2n) is 9.30. The number of ether oxygens (including phenoxy) is 4. The zero-order valence-electron chi connectivity index (χ0n) is 20.7. The zero-order valence-corrected chi connectivity index (χ0v) is 20.7. The van der Waals surface area contributed by atoms with Crippen molar-refractivity contribution in [1.29, 1.82) is 0 Å². The zero-order chi connectivity index (χ0) is 27.4. The molecule has 3 atom stereocenters. The van der Waals surface area contributed by atoms with Gasteiger partial charge in [-0.1, -0.05) is 0 Å². The maximum Gasteiger partial charge on any atom is 0.249 e. The minimum absolute atomic E-state index is 0.0133. The lowest BCUT2D eigenvalue weighted by Crippen LogP contribution is -2.53. The van der Waals surface area contributed by atoms with Crippen LogP contribution in [0.4, 0.5) is 39.8 Å². The molecule has 2 aromatic rings. The summed E-state index contributed by atoms with van der Waals surface area (Å²) in [5, 5.41) is 0. The van der Waals surface area contributed by atoms with Crippen LogP contribution in [0, 0.1) is 6.92 Å². The molecule has 0 radical (unpaired) electrons. The Hall–Kier alpha value is -3.64. The molecule has 3 fully saturated rings. The molecule has 0 amide bonds. The highest BCUT2D eigenvalue weighted by molar-refractivity contribution is 5.94. The van der Waals surface area contributed by atoms with Gasteiger partial charge in [0.2, 0.25) is 6.29 Å². The summed E-state index contributed by atoms with van der Waals surface area (Å²) < 4.78 is 21.9. The minimum Gasteiger partial charge on any atom is -0.486 e. The first-order chi connectivity index (χ1) is 18.0. The summed E-state index contributed by atoms with van der Waals surface area (Å²) in [6.45, 7) is 3.27. The van der Waals surface area contributed by atoms with Crippen LogP contribution >= 0.6 is 0 Å². The van der Waals surface area contributed by atoms with E-state index in [0.29, 0.717) is 18.8 Å². The molecule has 16 nitrogen and oxygen atoms in total. The van der Waals surface area contributed by atoms with E-state index in [-0.39, 0.29) is 94.5 Å². The molecule has 3 aliphatic rings. The maximum atomic E-state index is 6.99. The average molecular weight is 536 g/mol. The molecule has 0 aliphatic carbocycles. The fourth-order valence-corrected chi connectivity index (χ4v) is 4.18. The molecule has 16 heteroatoms. The van der Waals surface area contributed by atoms with Crippen LogP contribution in [-0.4, -0.2) is 51.5 Å². The molecule has 208 valence electrons. The van der Waals surface area contributed by atoms with Crippen LogP contribution in [0.2, 0.25) is 0 Å². The van der Waals surface area contributed by atoms with E-state index in [1.54, 1.807) is 6.92 Å². The van der Waals surface area contributed by atoms with E-state index in [1.165, 1.54) is 0 Å². The number of nitrogens with two attached hydrogens (primary N) is 8. The third kappa shape index (κ3) is 4.69. The molecule has 3 aliphatic heterocycles. The van der Waals surface area contributed by atoms with Crippen molar-refractivity contribution >= 4 is 39.8 Å². The SMILES string of the molecule is Cc1c(N)c(OCC2CO2)c(N)c(N)c1C(N)(NOCC1OO1)c1c(N)c(N)c(OCC2CO2)c(N)c1N. The number of hydroxylamine groups is 1. The molecular weight excluding hydrogens is 502 g/mol. The van der Waals surface area contributed by atoms with E-state index in [0.717, 1.165) is 0 Å². The van der Waals surface area contributed by atoms with E-state index < -0.39 is 12.0 Å². The van der Waals surface area contributed by atoms with Crippen molar-refractivity contribution < 1.29 is 33.6 Å². The molecule has 3 heterocycles. The van der Waals surface area contributed by atoms with Gasteiger partial charge in [-0.3, -0.25) is 4.84 Å². The number of hydrogen-bond acceptors (Lipinski definition) is 16. The van der Waals surface area contributed by atoms with Gasteiger partial charge in [-0.15, -0.1) is 0 Å². The van der Waals surface area contributed by atoms with Crippen molar-refractivity contribution in [2.75, 3.05) is 73.2 Å². The van der Waals surface area contributed by atoms with Crippen LogP contribution in [0.25, 0.3) is 0 Å². The summed E-state index contributed by atoms with van der Waals surface area (Å²) in [4.78, 5) is 15.0. The van der Waals surface area contributed by atoms with Crippen LogP contribution in [0.15, 0.2) is 0 Å². The Bertz CT molecular complexity index is 1110. The first-order valence-corrected chi connectivity index (χ1v) is 11.8. The predicted octanol–water partition coefficient (Wildman–Crippen LogP) is -1.41. The van der Waals surface area contributed by atoms with Gasteiger partial charge in [0.05, 0.1) is 36.0 Å². The topological polar surface area (TPSA) is 298 Å². The molecule has 0 spiro atoms. The van der Waals surface area contributed by atoms with Gasteiger partial charge in [-0.2, -0.15) is 15.3 Å². The molecule has 5 rings (SSSR count). The maximum absolute atomic E-state index is 6.99. The van der Waals surface area contributed by atoms with Crippen molar-refractivity contribution in [1.82, 2.24) is 5.48 Å². The highest BCUT2D eigenvalue weighted by atomic mass is 17.4. The van der Waals surface area contributed by atoms with E-state index in [9.17, 15) is 0 Å². The van der Waals surface area contributed by atoms with Gasteiger partial charge >= 0.3 is 0 Å². The van der Waals surface area contributed by atoms with E-state index in [4.69, 9.17) is 79.4 Å². The molecule has 3 unspecified atom stereocenters. The Kier molecular flexibility index (Phi) is 6.56. The minimum atomic E-state index is -1.88. The van der Waals surface area contributed by atoms with Crippen LogP contribution in [0.1, 0.15) is 16.7 Å². The van der Waals surface area contributed by atoms with Crippen LogP contribution in [0.5, 0.6) is 11.5 Å². The van der Waals surface area contributed by atoms with Crippen molar-refractivity contribution in [3.05, 3.63) is 16.7 Å². The normalized spacial score (nSPS) is 21.6. The largest absolute Gasteiger partial charge is 0.486 e. The third-order valence-corrected chi connectivity index (χ3v) is 6.54. The van der Waals surface area contributed by atoms with Crippen LogP contribution < -0.4 is 60.8 Å². The lowest BCUT2D eigenvalue weighted by molar-refractivity contribution is -0.0180. The smallest absolute Gasteiger partial charge is 0.249 e. The molecule has 17 N–H and O–H groups in total. The van der Waals surface area contributed by atoms with Gasteiger partial charge in [0.15, 0.2) is 11.5 Å². The first-order valence-electron chi connectivity index (χ1n) is 11.8. The van der Waals surface area contributed by atoms with E-state index in [2.05, 4.69) is 5.48 Å². The summed E-state index contributed by atoms with van der Waals surface area (Å²) in [7, 11) is 0. The van der Waals surface area contributed by atoms with Crippen LogP contribution in [0.3, 0.4) is 0 Å². The summed E-state index contributed by atoms with van der Waals surface area (Å²) in [5.41, 5.74) is 53.9. The molecule has 3 saturated heterocycles. The molecule has 38 heavy (non-hydrogen) atoms. The summed E-state index contributed by atoms with van der Waals surface area (Å²) >= 11 is 0. The Morgan fingerprint density at radius 2 is 1.16 bits per heavy atom. The number of nitrogens with one attached hydrogen (secondary N) is 1. The Balaban J connectivity index is 1.62. The lowest BCUT2D eigenvalue weighted by Gasteiger charge is -2.37. The van der Waals surface area contributed by atoms with E-state index in [1.807, 2.05) is 0 Å². The number of nitrogen functional groups attached to an aromatic ring is 7. The predicted molar refractivity (Wildman–Crippen MR) is 139 cm³/mol. The lowest BCUT2D eigenvalue weighted by atomic mass is 9.84. The van der Waals surface area contributed by atoms with Gasteiger partial charge in [-0.25, -0.2) is 0 Å². The van der Waals surface area contributed by atoms with Gasteiger partial charge in [0.25, 0.3) is 0 Å². The van der Waals surface area contributed by atoms with Gasteiger partial charge in [0.1, 0.15) is 54.8 Å². The molecule has 0 saturated carbocycles. The molecular formula is C22H33N9O7. The third-order valence-electron chi connectivity index (χ3n) is 6.54. The quantitative estimate of drug-likeness (QED) is 0.0495. The second-order valence-corrected chi connectivity index (χ2v) is 9.30. The number of hydrogen-bond donors (Lipinski definition) is 9. The summed E-state index contributed by atoms with van der Waals surface area (Å²) in [6.07, 6.45) is -0.693. The fourth-order valence-electron chi connectivity index (χ4n) is 4.18. The van der Waals surface area contributed by atoms with E-state index >= 15 is 0 Å². The number of anilines is 7. The summed E-state index contributed by atoms with van der Waals surface area (Å²) in [6, 6.07) is 0. The Morgan fingerprint density at radius 3 is 1.61 bits per heavy atom. The number of epoxide rings is 2. The first kappa shape index (κ1) is 26.0. The van der Waals surface area contributed by atoms with Crippen LogP contribution in [-0.2, 0) is 29.7 Å². The standard InChI is InChI=1S/C22H33N9O7/c1-7-11(14(24)17(27)20(13(7)23)34-4-8-2-32-8)22(30,31-36-6-10-37-38-10)12-15(25)18(28)21(19(29)16(12)26)35-5-9-3-33-9/h8-10,31H,2-6,23-30H2,1H3. The Morgan fingerprint density at radius 1 is 0.711 bits per heavy atom. The second kappa shape index (κ2) is 9.59. The average Bonchev–Trinajstić information content (AvgIpc) is 3.72. The van der Waals surface area contributed by atoms with Gasteiger partial charge in [-0.05, 0) is 12.5 Å². The summed E-state index contributed by atoms with van der Waals surface area (Å²) in [5.74, 6) is 0.311. The monoisotopic (exact) mass is 535 g/mol. The molecule has 0 aromatic heterocycles. The molecule has 0 bridgehead atoms. The van der Waals surface area contributed by atoms with Crippen molar-refractivity contribution in [3.8, 4) is 11.5 Å².